The molecular formula is C18H19N3O5S. The van der Waals surface area contributed by atoms with Crippen LogP contribution < -0.4 is 0 Å². The number of nitro groups is 1. The number of carbonyl (C=O) groups is 1. The highest BCUT2D eigenvalue weighted by Gasteiger charge is 2.31. The van der Waals surface area contributed by atoms with E-state index in [0.29, 0.717) is 5.56 Å². The van der Waals surface area contributed by atoms with Crippen LogP contribution in [0.25, 0.3) is 0 Å². The number of piperazine rings is 1. The number of amides is 1. The van der Waals surface area contributed by atoms with Crippen molar-refractivity contribution >= 4 is 21.6 Å². The van der Waals surface area contributed by atoms with Gasteiger partial charge in [-0.05, 0) is 11.6 Å². The molecule has 0 aliphatic carbocycles. The molecule has 1 aliphatic heterocycles. The number of para-hydroxylation sites is 1. The van der Waals surface area contributed by atoms with E-state index in [2.05, 4.69) is 0 Å². The standard InChI is InChI=1S/C18H19N3O5S/c22-18(16-8-4-5-9-17(16)21(23)24)19-10-12-20(13-11-19)27(25,26)14-15-6-2-1-3-7-15/h1-9H,10-14H2. The van der Waals surface area contributed by atoms with E-state index < -0.39 is 20.9 Å². The quantitative estimate of drug-likeness (QED) is 0.574. The second kappa shape index (κ2) is 7.85. The lowest BCUT2D eigenvalue weighted by Gasteiger charge is -2.34. The second-order valence-electron chi connectivity index (χ2n) is 6.21. The maximum atomic E-state index is 12.6. The van der Waals surface area contributed by atoms with Crippen LogP contribution in [0.1, 0.15) is 15.9 Å². The molecule has 2 aromatic carbocycles. The third kappa shape index (κ3) is 4.32. The minimum Gasteiger partial charge on any atom is -0.336 e. The molecule has 1 fully saturated rings. The highest BCUT2D eigenvalue weighted by molar-refractivity contribution is 7.88. The monoisotopic (exact) mass is 389 g/mol. The van der Waals surface area contributed by atoms with E-state index >= 15 is 0 Å². The molecule has 0 spiro atoms. The average Bonchev–Trinajstić information content (AvgIpc) is 2.68. The van der Waals surface area contributed by atoms with E-state index in [4.69, 9.17) is 0 Å². The highest BCUT2D eigenvalue weighted by Crippen LogP contribution is 2.21. The molecule has 0 N–H and O–H groups in total. The second-order valence-corrected chi connectivity index (χ2v) is 8.18. The molecule has 0 aromatic heterocycles. The van der Waals surface area contributed by atoms with Crippen molar-refractivity contribution in [2.75, 3.05) is 26.2 Å². The molecule has 0 atom stereocenters. The molecule has 0 saturated carbocycles. The number of rotatable bonds is 5. The predicted molar refractivity (Wildman–Crippen MR) is 99.6 cm³/mol. The highest BCUT2D eigenvalue weighted by atomic mass is 32.2. The van der Waals surface area contributed by atoms with Crippen LogP contribution in [0, 0.1) is 10.1 Å². The lowest BCUT2D eigenvalue weighted by Crippen LogP contribution is -2.50. The van der Waals surface area contributed by atoms with Gasteiger partial charge < -0.3 is 4.90 Å². The third-order valence-corrected chi connectivity index (χ3v) is 6.29. The maximum Gasteiger partial charge on any atom is 0.282 e. The first kappa shape index (κ1) is 19.0. The van der Waals surface area contributed by atoms with Gasteiger partial charge >= 0.3 is 0 Å². The summed E-state index contributed by atoms with van der Waals surface area (Å²) in [6, 6.07) is 14.7. The molecule has 1 amide bonds. The van der Waals surface area contributed by atoms with Crippen LogP contribution in [0.4, 0.5) is 5.69 Å². The Bertz CT molecular complexity index is 938. The summed E-state index contributed by atoms with van der Waals surface area (Å²) in [7, 11) is -3.48. The zero-order chi connectivity index (χ0) is 19.4. The summed E-state index contributed by atoms with van der Waals surface area (Å²) in [5, 5.41) is 11.1. The smallest absolute Gasteiger partial charge is 0.282 e. The molecule has 1 aliphatic rings. The molecule has 0 bridgehead atoms. The van der Waals surface area contributed by atoms with E-state index in [9.17, 15) is 23.3 Å². The molecular weight excluding hydrogens is 370 g/mol. The molecule has 8 nitrogen and oxygen atoms in total. The molecule has 0 unspecified atom stereocenters. The van der Waals surface area contributed by atoms with Crippen LogP contribution in [-0.2, 0) is 15.8 Å². The van der Waals surface area contributed by atoms with E-state index in [1.807, 2.05) is 6.07 Å². The molecule has 2 aromatic rings. The molecule has 3 rings (SSSR count). The molecule has 142 valence electrons. The van der Waals surface area contributed by atoms with Crippen LogP contribution >= 0.6 is 0 Å². The number of hydrogen-bond donors (Lipinski definition) is 0. The Balaban J connectivity index is 1.67. The number of nitro benzene ring substituents is 1. The fourth-order valence-corrected chi connectivity index (χ4v) is 4.55. The minimum absolute atomic E-state index is 0.0168. The van der Waals surface area contributed by atoms with E-state index in [0.717, 1.165) is 0 Å². The number of benzene rings is 2. The van der Waals surface area contributed by atoms with Crippen molar-refractivity contribution in [2.45, 2.75) is 5.75 Å². The Hall–Kier alpha value is -2.78. The van der Waals surface area contributed by atoms with Gasteiger partial charge in [0.2, 0.25) is 10.0 Å². The van der Waals surface area contributed by atoms with E-state index in [-0.39, 0.29) is 43.2 Å². The van der Waals surface area contributed by atoms with Gasteiger partial charge in [-0.3, -0.25) is 14.9 Å². The van der Waals surface area contributed by atoms with Crippen molar-refractivity contribution in [1.29, 1.82) is 0 Å². The van der Waals surface area contributed by atoms with Crippen LogP contribution in [0.15, 0.2) is 54.6 Å². The minimum atomic E-state index is -3.48. The number of sulfonamides is 1. The first-order chi connectivity index (χ1) is 12.9. The van der Waals surface area contributed by atoms with E-state index in [1.54, 1.807) is 30.3 Å². The summed E-state index contributed by atoms with van der Waals surface area (Å²) in [4.78, 5) is 24.6. The molecule has 0 radical (unpaired) electrons. The Morgan fingerprint density at radius 1 is 0.963 bits per heavy atom. The Kier molecular flexibility index (Phi) is 5.52. The summed E-state index contributed by atoms with van der Waals surface area (Å²) in [6.45, 7) is 0.723. The summed E-state index contributed by atoms with van der Waals surface area (Å²) in [5.41, 5.74) is 0.473. The zero-order valence-corrected chi connectivity index (χ0v) is 15.3. The maximum absolute atomic E-state index is 12.6. The number of nitrogens with zero attached hydrogens (tertiary/aromatic N) is 3. The predicted octanol–water partition coefficient (Wildman–Crippen LogP) is 1.88. The molecule has 1 heterocycles. The zero-order valence-electron chi connectivity index (χ0n) is 14.5. The number of hydrogen-bond acceptors (Lipinski definition) is 5. The summed E-state index contributed by atoms with van der Waals surface area (Å²) in [6.07, 6.45) is 0. The number of carbonyl (C=O) groups excluding carboxylic acids is 1. The SMILES string of the molecule is O=C(c1ccccc1[N+](=O)[O-])N1CCN(S(=O)(=O)Cc2ccccc2)CC1. The normalized spacial score (nSPS) is 15.5. The van der Waals surface area contributed by atoms with Gasteiger partial charge in [-0.25, -0.2) is 8.42 Å². The van der Waals surface area contributed by atoms with Gasteiger partial charge in [0.05, 0.1) is 10.7 Å². The van der Waals surface area contributed by atoms with Crippen molar-refractivity contribution in [3.05, 3.63) is 75.8 Å². The van der Waals surface area contributed by atoms with Gasteiger partial charge in [0.25, 0.3) is 11.6 Å². The lowest BCUT2D eigenvalue weighted by molar-refractivity contribution is -0.385. The topological polar surface area (TPSA) is 101 Å². The van der Waals surface area contributed by atoms with Crippen molar-refractivity contribution < 1.29 is 18.1 Å². The first-order valence-electron chi connectivity index (χ1n) is 8.43. The lowest BCUT2D eigenvalue weighted by atomic mass is 10.1. The molecule has 9 heteroatoms. The van der Waals surface area contributed by atoms with Gasteiger partial charge in [-0.2, -0.15) is 4.31 Å². The Morgan fingerprint density at radius 3 is 2.19 bits per heavy atom. The average molecular weight is 389 g/mol. The van der Waals surface area contributed by atoms with Crippen LogP contribution in [0.3, 0.4) is 0 Å². The Labute approximate surface area is 157 Å². The van der Waals surface area contributed by atoms with Gasteiger partial charge in [-0.1, -0.05) is 42.5 Å². The Morgan fingerprint density at radius 2 is 1.56 bits per heavy atom. The molecule has 27 heavy (non-hydrogen) atoms. The van der Waals surface area contributed by atoms with E-state index in [1.165, 1.54) is 27.4 Å². The largest absolute Gasteiger partial charge is 0.336 e. The van der Waals surface area contributed by atoms with Crippen molar-refractivity contribution in [1.82, 2.24) is 9.21 Å². The fraction of sp³-hybridized carbons (Fsp3) is 0.278. The van der Waals surface area contributed by atoms with Crippen molar-refractivity contribution in [3.8, 4) is 0 Å². The van der Waals surface area contributed by atoms with Crippen LogP contribution in [-0.4, -0.2) is 54.6 Å². The summed E-state index contributed by atoms with van der Waals surface area (Å²) < 4.78 is 26.5. The molecule has 1 saturated heterocycles. The third-order valence-electron chi connectivity index (χ3n) is 4.44. The van der Waals surface area contributed by atoms with Gasteiger partial charge in [0, 0.05) is 32.2 Å². The van der Waals surface area contributed by atoms with Crippen molar-refractivity contribution in [2.24, 2.45) is 0 Å². The van der Waals surface area contributed by atoms with Gasteiger partial charge in [-0.15, -0.1) is 0 Å². The van der Waals surface area contributed by atoms with Crippen LogP contribution in [0.5, 0.6) is 0 Å². The van der Waals surface area contributed by atoms with Gasteiger partial charge in [0.1, 0.15) is 5.56 Å². The summed E-state index contributed by atoms with van der Waals surface area (Å²) in [5.74, 6) is -0.547. The van der Waals surface area contributed by atoms with Crippen molar-refractivity contribution in [3.63, 3.8) is 0 Å². The van der Waals surface area contributed by atoms with Crippen LogP contribution in [0.2, 0.25) is 0 Å². The fourth-order valence-electron chi connectivity index (χ4n) is 3.03. The summed E-state index contributed by atoms with van der Waals surface area (Å²) >= 11 is 0. The van der Waals surface area contributed by atoms with Gasteiger partial charge in [0.15, 0.2) is 0 Å². The first-order valence-corrected chi connectivity index (χ1v) is 10.0.